The van der Waals surface area contributed by atoms with E-state index in [1.165, 1.54) is 11.8 Å². The highest BCUT2D eigenvalue weighted by molar-refractivity contribution is 7.99. The van der Waals surface area contributed by atoms with Crippen LogP contribution in [0.25, 0.3) is 10.9 Å². The summed E-state index contributed by atoms with van der Waals surface area (Å²) in [4.78, 5) is 21.6. The summed E-state index contributed by atoms with van der Waals surface area (Å²) in [5.41, 5.74) is 0.900. The number of halogens is 1. The number of hydrogen-bond acceptors (Lipinski definition) is 7. The third-order valence-corrected chi connectivity index (χ3v) is 11.0. The fraction of sp³-hybridized carbons (Fsp3) is 0.577. The van der Waals surface area contributed by atoms with E-state index in [4.69, 9.17) is 16.6 Å². The summed E-state index contributed by atoms with van der Waals surface area (Å²) in [7, 11) is 3.65. The highest BCUT2D eigenvalue weighted by Crippen LogP contribution is 2.47. The van der Waals surface area contributed by atoms with Gasteiger partial charge in [0.05, 0.1) is 27.7 Å². The summed E-state index contributed by atoms with van der Waals surface area (Å²) in [5, 5.41) is 5.85. The second-order valence-corrected chi connectivity index (χ2v) is 14.8. The van der Waals surface area contributed by atoms with Gasteiger partial charge in [0.2, 0.25) is 5.95 Å². The van der Waals surface area contributed by atoms with E-state index in [2.05, 4.69) is 14.7 Å². The fourth-order valence-corrected chi connectivity index (χ4v) is 7.82. The van der Waals surface area contributed by atoms with Crippen LogP contribution in [0.5, 0.6) is 0 Å². The minimum absolute atomic E-state index is 0.0846. The van der Waals surface area contributed by atoms with Gasteiger partial charge in [0.1, 0.15) is 4.75 Å². The average molecular weight is 563 g/mol. The van der Waals surface area contributed by atoms with Crippen molar-refractivity contribution in [2.45, 2.75) is 73.5 Å². The van der Waals surface area contributed by atoms with Gasteiger partial charge >= 0.3 is 0 Å². The second kappa shape index (κ2) is 10.1. The van der Waals surface area contributed by atoms with Crippen LogP contribution >= 0.6 is 23.4 Å². The first kappa shape index (κ1) is 26.9. The van der Waals surface area contributed by atoms with E-state index in [-0.39, 0.29) is 21.8 Å². The van der Waals surface area contributed by atoms with Crippen molar-refractivity contribution in [1.82, 2.24) is 24.1 Å². The predicted molar refractivity (Wildman–Crippen MR) is 152 cm³/mol. The van der Waals surface area contributed by atoms with Crippen LogP contribution in [0.3, 0.4) is 0 Å². The number of nitrogens with one attached hydrogen (secondary N) is 1. The molecule has 2 fully saturated rings. The van der Waals surface area contributed by atoms with Crippen LogP contribution in [0.1, 0.15) is 52.9 Å². The first-order valence-electron chi connectivity index (χ1n) is 12.8. The van der Waals surface area contributed by atoms with Crippen LogP contribution in [0.4, 0.5) is 5.95 Å². The maximum atomic E-state index is 13.3. The Labute approximate surface area is 230 Å². The largest absolute Gasteiger partial charge is 0.598 e. The van der Waals surface area contributed by atoms with E-state index in [0.717, 1.165) is 61.0 Å². The van der Waals surface area contributed by atoms with Gasteiger partial charge in [-0.2, -0.15) is 5.10 Å². The standard InChI is InChI=1S/C26H35ClN6O2S2/c1-25(2,3)37(35)30-21-7-6-10-26(21)11-13-33(14-12-26)24-28-15-20(23(34)32(24)5)36-19-9-8-18-17(22(19)27)16-31(4)29-18/h8-9,15-16,21,30H,6-7,10-14H2,1-5H3/t21-,37?/m1/s1. The van der Waals surface area contributed by atoms with E-state index >= 15 is 0 Å². The first-order valence-corrected chi connectivity index (χ1v) is 15.1. The van der Waals surface area contributed by atoms with E-state index < -0.39 is 11.4 Å². The van der Waals surface area contributed by atoms with Crippen molar-refractivity contribution in [2.75, 3.05) is 18.0 Å². The zero-order chi connectivity index (χ0) is 26.5. The van der Waals surface area contributed by atoms with Crippen LogP contribution in [0.2, 0.25) is 5.02 Å². The molecule has 1 N–H and O–H groups in total. The maximum Gasteiger partial charge on any atom is 0.268 e. The molecule has 8 nitrogen and oxygen atoms in total. The third kappa shape index (κ3) is 5.15. The quantitative estimate of drug-likeness (QED) is 0.452. The number of fused-ring (bicyclic) bond motifs is 1. The summed E-state index contributed by atoms with van der Waals surface area (Å²) < 4.78 is 19.4. The topological polar surface area (TPSA) is 91.0 Å². The molecule has 1 unspecified atom stereocenters. The van der Waals surface area contributed by atoms with Gasteiger partial charge < -0.3 is 9.45 Å². The van der Waals surface area contributed by atoms with Crippen LogP contribution in [-0.4, -0.2) is 47.8 Å². The Kier molecular flexibility index (Phi) is 7.34. The molecule has 0 amide bonds. The highest BCUT2D eigenvalue weighted by Gasteiger charge is 2.48. The zero-order valence-electron chi connectivity index (χ0n) is 22.1. The molecular weight excluding hydrogens is 528 g/mol. The molecule has 3 heterocycles. The molecule has 0 radical (unpaired) electrons. The van der Waals surface area contributed by atoms with Crippen molar-refractivity contribution in [2.24, 2.45) is 19.5 Å². The van der Waals surface area contributed by atoms with Gasteiger partial charge in [-0.15, -0.1) is 4.72 Å². The molecule has 5 rings (SSSR count). The molecule has 2 atom stereocenters. The molecule has 1 saturated heterocycles. The molecule has 1 aliphatic carbocycles. The number of benzene rings is 1. The minimum Gasteiger partial charge on any atom is -0.598 e. The average Bonchev–Trinajstić information content (AvgIpc) is 3.42. The van der Waals surface area contributed by atoms with Crippen molar-refractivity contribution in [3.05, 3.63) is 39.9 Å². The molecule has 2 aromatic heterocycles. The van der Waals surface area contributed by atoms with E-state index in [0.29, 0.717) is 15.9 Å². The summed E-state index contributed by atoms with van der Waals surface area (Å²) >= 11 is 6.91. The Bertz CT molecular complexity index is 1360. The van der Waals surface area contributed by atoms with Gasteiger partial charge in [0, 0.05) is 55.0 Å². The minimum atomic E-state index is -1.07. The second-order valence-electron chi connectivity index (χ2n) is 11.3. The van der Waals surface area contributed by atoms with Crippen LogP contribution in [-0.2, 0) is 25.5 Å². The van der Waals surface area contributed by atoms with Crippen LogP contribution in [0, 0.1) is 5.41 Å². The Morgan fingerprint density at radius 3 is 2.62 bits per heavy atom. The summed E-state index contributed by atoms with van der Waals surface area (Å²) in [5.74, 6) is 0.693. The normalized spacial score (nSPS) is 20.7. The van der Waals surface area contributed by atoms with Crippen molar-refractivity contribution in [3.63, 3.8) is 0 Å². The summed E-state index contributed by atoms with van der Waals surface area (Å²) in [6.07, 6.45) is 8.94. The lowest BCUT2D eigenvalue weighted by molar-refractivity contribution is 0.185. The number of aromatic nitrogens is 4. The Morgan fingerprint density at radius 1 is 1.19 bits per heavy atom. The van der Waals surface area contributed by atoms with Crippen LogP contribution in [0.15, 0.2) is 39.1 Å². The predicted octanol–water partition coefficient (Wildman–Crippen LogP) is 4.66. The molecule has 0 bridgehead atoms. The van der Waals surface area contributed by atoms with E-state index in [1.807, 2.05) is 46.1 Å². The first-order chi connectivity index (χ1) is 17.5. The SMILES string of the molecule is Cn1cc2c(Cl)c(Sc3cnc(N4CCC5(CCC[C@H]5N[S+]([O-])C(C)(C)C)CC4)n(C)c3=O)ccc2n1. The van der Waals surface area contributed by atoms with Gasteiger partial charge in [0.15, 0.2) is 0 Å². The molecule has 1 saturated carbocycles. The Morgan fingerprint density at radius 2 is 1.92 bits per heavy atom. The van der Waals surface area contributed by atoms with E-state index in [1.54, 1.807) is 22.5 Å². The molecule has 2 aliphatic rings. The van der Waals surface area contributed by atoms with Crippen molar-refractivity contribution in [1.29, 1.82) is 0 Å². The van der Waals surface area contributed by atoms with Crippen molar-refractivity contribution < 1.29 is 4.55 Å². The Balaban J connectivity index is 1.30. The summed E-state index contributed by atoms with van der Waals surface area (Å²) in [6.45, 7) is 7.70. The van der Waals surface area contributed by atoms with Gasteiger partial charge in [-0.3, -0.25) is 14.0 Å². The van der Waals surface area contributed by atoms with Gasteiger partial charge in [0.25, 0.3) is 5.56 Å². The number of hydrogen-bond donors (Lipinski definition) is 1. The molecular formula is C26H35ClN6O2S2. The highest BCUT2D eigenvalue weighted by atomic mass is 35.5. The molecule has 1 aromatic carbocycles. The van der Waals surface area contributed by atoms with Gasteiger partial charge in [-0.1, -0.05) is 29.8 Å². The van der Waals surface area contributed by atoms with Crippen molar-refractivity contribution >= 4 is 51.6 Å². The lowest BCUT2D eigenvalue weighted by Crippen LogP contribution is -2.53. The molecule has 3 aromatic rings. The fourth-order valence-electron chi connectivity index (χ4n) is 5.61. The summed E-state index contributed by atoms with van der Waals surface area (Å²) in [6, 6.07) is 4.09. The van der Waals surface area contributed by atoms with Gasteiger partial charge in [-0.05, 0) is 64.0 Å². The Hall–Kier alpha value is -1.72. The lowest BCUT2D eigenvalue weighted by atomic mass is 9.74. The number of rotatable bonds is 5. The zero-order valence-corrected chi connectivity index (χ0v) is 24.5. The number of nitrogens with zero attached hydrogens (tertiary/aromatic N) is 5. The third-order valence-electron chi connectivity index (χ3n) is 7.79. The molecule has 37 heavy (non-hydrogen) atoms. The number of piperidine rings is 1. The molecule has 1 spiro atoms. The van der Waals surface area contributed by atoms with E-state index in [9.17, 15) is 9.35 Å². The monoisotopic (exact) mass is 562 g/mol. The molecule has 11 heteroatoms. The maximum absolute atomic E-state index is 13.3. The number of aryl methyl sites for hydroxylation is 1. The molecule has 1 aliphatic heterocycles. The smallest absolute Gasteiger partial charge is 0.268 e. The molecule has 200 valence electrons. The lowest BCUT2D eigenvalue weighted by Gasteiger charge is -2.44. The van der Waals surface area contributed by atoms with Crippen molar-refractivity contribution in [3.8, 4) is 0 Å². The van der Waals surface area contributed by atoms with Gasteiger partial charge in [-0.25, -0.2) is 4.98 Å². The van der Waals surface area contributed by atoms with Crippen LogP contribution < -0.4 is 15.2 Å². The number of anilines is 1.